The number of nitrogens with one attached hydrogen (secondary N) is 1. The smallest absolute Gasteiger partial charge is 0.00684 e. The van der Waals surface area contributed by atoms with E-state index in [0.717, 1.165) is 6.04 Å². The quantitative estimate of drug-likeness (QED) is 0.599. The van der Waals surface area contributed by atoms with E-state index < -0.39 is 0 Å². The van der Waals surface area contributed by atoms with Gasteiger partial charge in [0.2, 0.25) is 0 Å². The average molecular weight is 253 g/mol. The van der Waals surface area contributed by atoms with Crippen LogP contribution in [0, 0.1) is 10.8 Å². The molecule has 1 aliphatic rings. The summed E-state index contributed by atoms with van der Waals surface area (Å²) in [5.41, 5.74) is 1.04. The third kappa shape index (κ3) is 6.22. The molecule has 0 radical (unpaired) electrons. The highest BCUT2D eigenvalue weighted by Crippen LogP contribution is 2.38. The van der Waals surface area contributed by atoms with Crippen molar-refractivity contribution in [2.24, 2.45) is 10.8 Å². The second-order valence-corrected chi connectivity index (χ2v) is 7.67. The summed E-state index contributed by atoms with van der Waals surface area (Å²) >= 11 is 0. The van der Waals surface area contributed by atoms with Gasteiger partial charge in [0.1, 0.15) is 0 Å². The zero-order valence-corrected chi connectivity index (χ0v) is 13.4. The molecule has 1 atom stereocenters. The summed E-state index contributed by atoms with van der Waals surface area (Å²) in [5, 5.41) is 3.79. The molecular weight excluding hydrogens is 218 g/mol. The van der Waals surface area contributed by atoms with E-state index in [2.05, 4.69) is 39.9 Å². The van der Waals surface area contributed by atoms with E-state index >= 15 is 0 Å². The van der Waals surface area contributed by atoms with Crippen molar-refractivity contribution in [1.29, 1.82) is 0 Å². The van der Waals surface area contributed by atoms with Crippen molar-refractivity contribution in [2.75, 3.05) is 6.54 Å². The SMILES string of the molecule is CCCCC(CC)(CCC(C)(C)C)CNC1CC1. The Labute approximate surface area is 115 Å². The number of hydrogen-bond acceptors (Lipinski definition) is 1. The molecule has 0 aliphatic heterocycles. The third-order valence-electron chi connectivity index (χ3n) is 4.56. The van der Waals surface area contributed by atoms with Crippen LogP contribution in [-0.2, 0) is 0 Å². The van der Waals surface area contributed by atoms with E-state index in [1.54, 1.807) is 0 Å². The summed E-state index contributed by atoms with van der Waals surface area (Å²) in [6.45, 7) is 13.1. The number of hydrogen-bond donors (Lipinski definition) is 1. The van der Waals surface area contributed by atoms with E-state index in [1.165, 1.54) is 57.9 Å². The molecule has 0 bridgehead atoms. The zero-order chi connectivity index (χ0) is 13.6. The summed E-state index contributed by atoms with van der Waals surface area (Å²) in [4.78, 5) is 0. The Hall–Kier alpha value is -0.0400. The average Bonchev–Trinajstić information content (AvgIpc) is 3.12. The van der Waals surface area contributed by atoms with Crippen LogP contribution in [0.3, 0.4) is 0 Å². The van der Waals surface area contributed by atoms with E-state index in [4.69, 9.17) is 0 Å². The zero-order valence-electron chi connectivity index (χ0n) is 13.4. The Balaban J connectivity index is 2.50. The lowest BCUT2D eigenvalue weighted by Gasteiger charge is -2.36. The molecule has 18 heavy (non-hydrogen) atoms. The van der Waals surface area contributed by atoms with Crippen molar-refractivity contribution in [2.45, 2.75) is 92.0 Å². The Morgan fingerprint density at radius 2 is 1.67 bits per heavy atom. The predicted molar refractivity (Wildman–Crippen MR) is 82.0 cm³/mol. The van der Waals surface area contributed by atoms with E-state index in [-0.39, 0.29) is 0 Å². The van der Waals surface area contributed by atoms with Gasteiger partial charge in [0.05, 0.1) is 0 Å². The van der Waals surface area contributed by atoms with Gasteiger partial charge >= 0.3 is 0 Å². The molecule has 1 saturated carbocycles. The molecule has 0 aromatic rings. The molecule has 0 aromatic carbocycles. The monoisotopic (exact) mass is 253 g/mol. The molecule has 108 valence electrons. The minimum absolute atomic E-state index is 0.478. The lowest BCUT2D eigenvalue weighted by Crippen LogP contribution is -2.36. The number of unbranched alkanes of at least 4 members (excludes halogenated alkanes) is 1. The first kappa shape index (κ1) is 16.0. The summed E-state index contributed by atoms with van der Waals surface area (Å²) < 4.78 is 0. The van der Waals surface area contributed by atoms with Gasteiger partial charge in [0, 0.05) is 12.6 Å². The Kier molecular flexibility index (Phi) is 6.17. The van der Waals surface area contributed by atoms with Gasteiger partial charge in [-0.3, -0.25) is 0 Å². The maximum Gasteiger partial charge on any atom is 0.00684 e. The molecule has 0 aromatic heterocycles. The minimum Gasteiger partial charge on any atom is -0.313 e. The van der Waals surface area contributed by atoms with Crippen LogP contribution in [0.2, 0.25) is 0 Å². The fourth-order valence-electron chi connectivity index (χ4n) is 2.62. The molecular formula is C17H35N. The second kappa shape index (κ2) is 6.93. The van der Waals surface area contributed by atoms with Crippen molar-refractivity contribution in [1.82, 2.24) is 5.32 Å². The first-order valence-corrected chi connectivity index (χ1v) is 8.14. The van der Waals surface area contributed by atoms with Crippen molar-refractivity contribution < 1.29 is 0 Å². The summed E-state index contributed by atoms with van der Waals surface area (Å²) in [7, 11) is 0. The highest BCUT2D eigenvalue weighted by Gasteiger charge is 2.31. The van der Waals surface area contributed by atoms with Crippen LogP contribution >= 0.6 is 0 Å². The Morgan fingerprint density at radius 3 is 2.11 bits per heavy atom. The van der Waals surface area contributed by atoms with Crippen LogP contribution in [0.4, 0.5) is 0 Å². The molecule has 0 amide bonds. The van der Waals surface area contributed by atoms with Crippen LogP contribution in [0.25, 0.3) is 0 Å². The number of rotatable bonds is 9. The van der Waals surface area contributed by atoms with Crippen molar-refractivity contribution in [3.05, 3.63) is 0 Å². The molecule has 1 unspecified atom stereocenters. The molecule has 1 fully saturated rings. The Bertz CT molecular complexity index is 224. The van der Waals surface area contributed by atoms with Crippen LogP contribution < -0.4 is 5.32 Å². The van der Waals surface area contributed by atoms with Crippen molar-refractivity contribution >= 4 is 0 Å². The molecule has 1 aliphatic carbocycles. The highest BCUT2D eigenvalue weighted by molar-refractivity contribution is 4.88. The normalized spacial score (nSPS) is 19.8. The van der Waals surface area contributed by atoms with E-state index in [0.29, 0.717) is 10.8 Å². The van der Waals surface area contributed by atoms with Crippen LogP contribution in [0.1, 0.15) is 86.0 Å². The molecule has 1 N–H and O–H groups in total. The fourth-order valence-corrected chi connectivity index (χ4v) is 2.62. The van der Waals surface area contributed by atoms with Gasteiger partial charge in [-0.1, -0.05) is 47.5 Å². The van der Waals surface area contributed by atoms with Crippen molar-refractivity contribution in [3.63, 3.8) is 0 Å². The summed E-state index contributed by atoms with van der Waals surface area (Å²) in [6, 6.07) is 0.854. The summed E-state index contributed by atoms with van der Waals surface area (Å²) in [5.74, 6) is 0. The van der Waals surface area contributed by atoms with E-state index in [9.17, 15) is 0 Å². The fraction of sp³-hybridized carbons (Fsp3) is 1.00. The van der Waals surface area contributed by atoms with Crippen molar-refractivity contribution in [3.8, 4) is 0 Å². The molecule has 0 heterocycles. The maximum absolute atomic E-state index is 3.79. The molecule has 0 spiro atoms. The molecule has 1 rings (SSSR count). The van der Waals surface area contributed by atoms with Gasteiger partial charge in [-0.05, 0) is 49.4 Å². The largest absolute Gasteiger partial charge is 0.313 e. The molecule has 1 heteroatoms. The second-order valence-electron chi connectivity index (χ2n) is 7.67. The van der Waals surface area contributed by atoms with Gasteiger partial charge < -0.3 is 5.32 Å². The maximum atomic E-state index is 3.79. The lowest BCUT2D eigenvalue weighted by molar-refractivity contribution is 0.176. The predicted octanol–water partition coefficient (Wildman–Crippen LogP) is 5.15. The highest BCUT2D eigenvalue weighted by atomic mass is 15.0. The van der Waals surface area contributed by atoms with E-state index in [1.807, 2.05) is 0 Å². The lowest BCUT2D eigenvalue weighted by atomic mass is 9.72. The third-order valence-corrected chi connectivity index (χ3v) is 4.56. The molecule has 1 nitrogen and oxygen atoms in total. The van der Waals surface area contributed by atoms with Gasteiger partial charge in [0.15, 0.2) is 0 Å². The first-order chi connectivity index (χ1) is 8.41. The van der Waals surface area contributed by atoms with Gasteiger partial charge in [-0.2, -0.15) is 0 Å². The Morgan fingerprint density at radius 1 is 1.00 bits per heavy atom. The van der Waals surface area contributed by atoms with Gasteiger partial charge in [-0.15, -0.1) is 0 Å². The molecule has 0 saturated heterocycles. The van der Waals surface area contributed by atoms with Gasteiger partial charge in [0.25, 0.3) is 0 Å². The van der Waals surface area contributed by atoms with Crippen LogP contribution in [0.15, 0.2) is 0 Å². The minimum atomic E-state index is 0.478. The van der Waals surface area contributed by atoms with Crippen LogP contribution in [-0.4, -0.2) is 12.6 Å². The van der Waals surface area contributed by atoms with Gasteiger partial charge in [-0.25, -0.2) is 0 Å². The standard InChI is InChI=1S/C17H35N/c1-6-8-11-17(7-2,13-12-16(3,4)5)14-18-15-9-10-15/h15,18H,6-14H2,1-5H3. The first-order valence-electron chi connectivity index (χ1n) is 8.14. The van der Waals surface area contributed by atoms with Crippen LogP contribution in [0.5, 0.6) is 0 Å². The summed E-state index contributed by atoms with van der Waals surface area (Å²) in [6.07, 6.45) is 11.0. The topological polar surface area (TPSA) is 12.0 Å².